The predicted molar refractivity (Wildman–Crippen MR) is 20.1 cm³/mol. The normalized spacial score (nSPS) is 0. The molecule has 0 nitrogen and oxygen atoms in total. The van der Waals surface area contributed by atoms with Gasteiger partial charge in [0.2, 0.25) is 0 Å². The van der Waals surface area contributed by atoms with Gasteiger partial charge in [-0.15, -0.1) is 0 Å². The van der Waals surface area contributed by atoms with E-state index in [1.807, 2.05) is 0 Å². The summed E-state index contributed by atoms with van der Waals surface area (Å²) in [7, 11) is 0. The van der Waals surface area contributed by atoms with Gasteiger partial charge in [0.1, 0.15) is 0 Å². The smallest absolute Gasteiger partial charge is 1.00 e. The van der Waals surface area contributed by atoms with Gasteiger partial charge in [0.05, 0.1) is 0 Å². The van der Waals surface area contributed by atoms with Crippen molar-refractivity contribution in [2.75, 3.05) is 0 Å². The van der Waals surface area contributed by atoms with E-state index in [4.69, 9.17) is 0 Å². The van der Waals surface area contributed by atoms with Gasteiger partial charge in [-0.25, -0.2) is 0 Å². The first-order valence-corrected chi connectivity index (χ1v) is 0. The van der Waals surface area contributed by atoms with E-state index >= 15 is 0 Å². The summed E-state index contributed by atoms with van der Waals surface area (Å²) < 4.78 is 0. The molecular weight excluding hydrogens is 367 g/mol. The molecule has 0 aromatic carbocycles. The van der Waals surface area contributed by atoms with Gasteiger partial charge in [-0.2, -0.15) is 0 Å². The van der Waals surface area contributed by atoms with Crippen LogP contribution in [0.4, 0.5) is 0 Å². The summed E-state index contributed by atoms with van der Waals surface area (Å²) in [6.45, 7) is 0. The fraction of sp³-hybridized carbons (Fsp3) is 0. The summed E-state index contributed by atoms with van der Waals surface area (Å²) in [6.07, 6.45) is 0. The van der Waals surface area contributed by atoms with E-state index in [-0.39, 0.29) is 171 Å². The maximum atomic E-state index is 0. The molecule has 0 atom stereocenters. The molecule has 40 valence electrons. The molecule has 0 spiro atoms. The molecule has 0 aromatic rings. The SMILES string of the molecule is [AlH3].[Ba+2].[Co].[H-].[H-].[H-].[H-].[Li+].[Mn].[Na+].[Ni]. The van der Waals surface area contributed by atoms with Gasteiger partial charge in [-0.1, -0.05) is 0 Å². The number of hydrogen-bond acceptors (Lipinski definition) is 0. The van der Waals surface area contributed by atoms with Gasteiger partial charge in [0.25, 0.3) is 0 Å². The van der Waals surface area contributed by atoms with Crippen molar-refractivity contribution in [2.24, 2.45) is 0 Å². The maximum absolute atomic E-state index is 0. The van der Waals surface area contributed by atoms with E-state index in [2.05, 4.69) is 0 Å². The van der Waals surface area contributed by atoms with E-state index in [0.29, 0.717) is 0 Å². The van der Waals surface area contributed by atoms with Gasteiger partial charge in [-0.05, 0) is 0 Å². The Morgan fingerprint density at radius 2 is 1.14 bits per heavy atom. The van der Waals surface area contributed by atoms with Crippen molar-refractivity contribution in [1.82, 2.24) is 0 Å². The van der Waals surface area contributed by atoms with E-state index in [9.17, 15) is 0 Å². The summed E-state index contributed by atoms with van der Waals surface area (Å²) in [5, 5.41) is 0. The average molecular weight is 374 g/mol. The van der Waals surface area contributed by atoms with Crippen LogP contribution < -0.4 is 48.4 Å². The van der Waals surface area contributed by atoms with Crippen molar-refractivity contribution in [3.05, 3.63) is 0 Å². The molecule has 0 fully saturated rings. The summed E-state index contributed by atoms with van der Waals surface area (Å²) in [4.78, 5) is 0. The van der Waals surface area contributed by atoms with Crippen LogP contribution in [0.2, 0.25) is 0 Å². The molecular formula is H7AlBaCoLiMnNaNi. The van der Waals surface area contributed by atoms with E-state index < -0.39 is 0 Å². The quantitative estimate of drug-likeness (QED) is 0.370. The summed E-state index contributed by atoms with van der Waals surface area (Å²) in [5.74, 6) is 0. The fourth-order valence-corrected chi connectivity index (χ4v) is 0. The molecule has 7 heteroatoms. The summed E-state index contributed by atoms with van der Waals surface area (Å²) in [6, 6.07) is 0. The minimum Gasteiger partial charge on any atom is -1.00 e. The monoisotopic (exact) mass is 374 g/mol. The third kappa shape index (κ3) is 35.0. The van der Waals surface area contributed by atoms with Crippen LogP contribution in [0.25, 0.3) is 0 Å². The van der Waals surface area contributed by atoms with Gasteiger partial charge in [0.15, 0.2) is 17.4 Å². The first-order chi connectivity index (χ1) is 0. The zero-order valence-electron chi connectivity index (χ0n) is 7.73. The van der Waals surface area contributed by atoms with Crippen molar-refractivity contribution >= 4 is 66.2 Å². The second-order valence-corrected chi connectivity index (χ2v) is 0. The van der Waals surface area contributed by atoms with Gasteiger partial charge in [0, 0.05) is 50.3 Å². The first-order valence-electron chi connectivity index (χ1n) is 0. The van der Waals surface area contributed by atoms with Crippen molar-refractivity contribution in [3.8, 4) is 0 Å². The fourth-order valence-electron chi connectivity index (χ4n) is 0. The Hall–Kier alpha value is 5.22. The molecule has 0 bridgehead atoms. The Morgan fingerprint density at radius 3 is 1.14 bits per heavy atom. The molecule has 0 rings (SSSR count). The largest absolute Gasteiger partial charge is 2.00 e. The van der Waals surface area contributed by atoms with E-state index in [1.165, 1.54) is 0 Å². The molecule has 0 aromatic heterocycles. The predicted octanol–water partition coefficient (Wildman–Crippen LogP) is -7.11. The summed E-state index contributed by atoms with van der Waals surface area (Å²) in [5.41, 5.74) is 0. The van der Waals surface area contributed by atoms with Crippen LogP contribution in [0, 0.1) is 0 Å². The standard InChI is InChI=1S/Al.Ba.Co.Li.Mn.Na.Ni.7H/q;+2;;+1;;+1;;;;;4*-1. The van der Waals surface area contributed by atoms with Crippen LogP contribution in [0.1, 0.15) is 5.71 Å². The molecule has 0 saturated carbocycles. The number of rotatable bonds is 0. The molecule has 0 heterocycles. The van der Waals surface area contributed by atoms with Gasteiger partial charge in [-0.3, -0.25) is 0 Å². The van der Waals surface area contributed by atoms with Crippen LogP contribution in [0.5, 0.6) is 0 Å². The van der Waals surface area contributed by atoms with Crippen LogP contribution in [0.3, 0.4) is 0 Å². The second kappa shape index (κ2) is 43.0. The minimum atomic E-state index is 0. The van der Waals surface area contributed by atoms with Gasteiger partial charge < -0.3 is 5.71 Å². The first kappa shape index (κ1) is 56.5. The Kier molecular flexibility index (Phi) is 347. The maximum Gasteiger partial charge on any atom is 2.00 e. The van der Waals surface area contributed by atoms with Crippen LogP contribution in [-0.4, -0.2) is 66.2 Å². The molecule has 0 amide bonds. The second-order valence-electron chi connectivity index (χ2n) is 0. The Balaban J connectivity index is 0. The molecule has 0 N–H and O–H groups in total. The molecule has 0 unspecified atom stereocenters. The average Bonchev–Trinajstić information content (AvgIpc) is 0. The third-order valence-electron chi connectivity index (χ3n) is 0. The van der Waals surface area contributed by atoms with Crippen LogP contribution in [0.15, 0.2) is 0 Å². The molecule has 7 heavy (non-hydrogen) atoms. The third-order valence-corrected chi connectivity index (χ3v) is 0. The molecule has 0 aliphatic rings. The van der Waals surface area contributed by atoms with Crippen molar-refractivity contribution in [3.63, 3.8) is 0 Å². The minimum absolute atomic E-state index is 0. The Bertz CT molecular complexity index is 30.1. The molecule has 0 saturated heterocycles. The zero-order valence-corrected chi connectivity index (χ0v) is 13.4. The van der Waals surface area contributed by atoms with Crippen molar-refractivity contribution in [1.29, 1.82) is 0 Å². The van der Waals surface area contributed by atoms with Crippen molar-refractivity contribution < 1.29 is 104 Å². The number of hydrogen-bond donors (Lipinski definition) is 0. The van der Waals surface area contributed by atoms with E-state index in [1.54, 1.807) is 0 Å². The van der Waals surface area contributed by atoms with Crippen LogP contribution in [-0.2, 0) is 50.3 Å². The molecule has 2 radical (unpaired) electrons. The Morgan fingerprint density at radius 1 is 1.14 bits per heavy atom. The molecule has 0 aliphatic heterocycles. The topological polar surface area (TPSA) is 0 Å². The zero-order chi connectivity index (χ0) is 0. The summed E-state index contributed by atoms with van der Waals surface area (Å²) >= 11 is 0. The van der Waals surface area contributed by atoms with E-state index in [0.717, 1.165) is 0 Å². The molecule has 0 aliphatic carbocycles. The van der Waals surface area contributed by atoms with Crippen molar-refractivity contribution in [2.45, 2.75) is 0 Å². The van der Waals surface area contributed by atoms with Gasteiger partial charge >= 0.3 is 97.3 Å². The van der Waals surface area contributed by atoms with Crippen LogP contribution >= 0.6 is 0 Å². The Labute approximate surface area is 166 Å².